The van der Waals surface area contributed by atoms with E-state index in [1.165, 1.54) is 12.1 Å². The van der Waals surface area contributed by atoms with E-state index in [0.717, 1.165) is 38.2 Å². The molecule has 0 spiro atoms. The maximum atomic E-state index is 13.2. The molecule has 0 saturated carbocycles. The summed E-state index contributed by atoms with van der Waals surface area (Å²) in [5.74, 6) is 0.0650. The first kappa shape index (κ1) is 25.2. The van der Waals surface area contributed by atoms with Crippen molar-refractivity contribution in [2.24, 2.45) is 5.92 Å². The van der Waals surface area contributed by atoms with Crippen molar-refractivity contribution < 1.29 is 22.3 Å². The molecule has 1 fully saturated rings. The Hall–Kier alpha value is -0.760. The van der Waals surface area contributed by atoms with Gasteiger partial charge in [0.2, 0.25) is 0 Å². The van der Waals surface area contributed by atoms with Gasteiger partial charge in [-0.15, -0.1) is 24.8 Å². The summed E-state index contributed by atoms with van der Waals surface area (Å²) in [6, 6.07) is 6.19. The lowest BCUT2D eigenvalue weighted by atomic mass is 9.90. The molecule has 2 rings (SSSR count). The molecule has 2 atom stereocenters. The number of nitrogens with one attached hydrogen (secondary N) is 1. The maximum Gasteiger partial charge on any atom is 0.461 e. The summed E-state index contributed by atoms with van der Waals surface area (Å²) in [4.78, 5) is 2.30. The molecule has 0 aromatic heterocycles. The van der Waals surface area contributed by atoms with Gasteiger partial charge in [0, 0.05) is 32.2 Å². The fourth-order valence-corrected chi connectivity index (χ4v) is 3.05. The molecule has 0 aliphatic carbocycles. The van der Waals surface area contributed by atoms with Crippen LogP contribution in [0.1, 0.15) is 31.9 Å². The molecule has 152 valence electrons. The van der Waals surface area contributed by atoms with E-state index in [1.54, 1.807) is 6.07 Å². The fourth-order valence-electron chi connectivity index (χ4n) is 3.05. The van der Waals surface area contributed by atoms with Gasteiger partial charge in [-0.25, -0.2) is 0 Å². The summed E-state index contributed by atoms with van der Waals surface area (Å²) in [5, 5.41) is 3.28. The van der Waals surface area contributed by atoms with Gasteiger partial charge in [-0.05, 0) is 23.6 Å². The van der Waals surface area contributed by atoms with Crippen LogP contribution in [0.4, 0.5) is 17.6 Å². The third-order valence-electron chi connectivity index (χ3n) is 4.44. The normalized spacial score (nSPS) is 17.8. The average Bonchev–Trinajstić information content (AvgIpc) is 2.55. The van der Waals surface area contributed by atoms with Crippen LogP contribution in [0.25, 0.3) is 0 Å². The second kappa shape index (κ2) is 11.2. The Kier molecular flexibility index (Phi) is 10.8. The number of rotatable bonds is 7. The Morgan fingerprint density at radius 2 is 1.81 bits per heavy atom. The van der Waals surface area contributed by atoms with E-state index < -0.39 is 12.5 Å². The van der Waals surface area contributed by atoms with Gasteiger partial charge in [0.05, 0.1) is 0 Å². The molecule has 1 N–H and O–H groups in total. The number of ether oxygens (including phenoxy) is 1. The van der Waals surface area contributed by atoms with Gasteiger partial charge in [-0.2, -0.15) is 17.6 Å². The highest BCUT2D eigenvalue weighted by molar-refractivity contribution is 5.85. The Morgan fingerprint density at radius 3 is 2.35 bits per heavy atom. The molecular weight excluding hydrogens is 395 g/mol. The van der Waals surface area contributed by atoms with E-state index in [9.17, 15) is 17.6 Å². The topological polar surface area (TPSA) is 24.5 Å². The van der Waals surface area contributed by atoms with Gasteiger partial charge < -0.3 is 10.1 Å². The van der Waals surface area contributed by atoms with Crippen molar-refractivity contribution in [2.45, 2.75) is 38.8 Å². The van der Waals surface area contributed by atoms with Crippen molar-refractivity contribution in [1.29, 1.82) is 0 Å². The van der Waals surface area contributed by atoms with Crippen LogP contribution in [-0.2, 0) is 0 Å². The highest BCUT2D eigenvalue weighted by Gasteiger charge is 2.44. The largest absolute Gasteiger partial charge is 0.461 e. The van der Waals surface area contributed by atoms with Gasteiger partial charge in [-0.1, -0.05) is 32.4 Å². The number of nitrogens with zero attached hydrogens (tertiary/aromatic N) is 1. The Morgan fingerprint density at radius 1 is 1.19 bits per heavy atom. The highest BCUT2D eigenvalue weighted by atomic mass is 35.5. The highest BCUT2D eigenvalue weighted by Crippen LogP contribution is 2.34. The molecule has 1 aliphatic rings. The number of hydrogen-bond acceptors (Lipinski definition) is 3. The zero-order valence-electron chi connectivity index (χ0n) is 14.8. The van der Waals surface area contributed by atoms with Crippen LogP contribution >= 0.6 is 24.8 Å². The molecule has 1 aliphatic heterocycles. The van der Waals surface area contributed by atoms with E-state index in [1.807, 2.05) is 6.07 Å². The first-order valence-corrected chi connectivity index (χ1v) is 8.25. The molecule has 1 aromatic carbocycles. The number of benzene rings is 1. The molecule has 1 heterocycles. The zero-order chi connectivity index (χ0) is 17.7. The second-order valence-electron chi connectivity index (χ2n) is 6.15. The molecule has 1 saturated heterocycles. The predicted molar refractivity (Wildman–Crippen MR) is 99.2 cm³/mol. The summed E-state index contributed by atoms with van der Waals surface area (Å²) in [6.45, 7) is 7.62. The molecule has 3 nitrogen and oxygen atoms in total. The molecular formula is C17H26Cl2F4N2O. The van der Waals surface area contributed by atoms with E-state index in [-0.39, 0.29) is 36.6 Å². The molecule has 1 unspecified atom stereocenters. The summed E-state index contributed by atoms with van der Waals surface area (Å²) in [7, 11) is 0. The average molecular weight is 421 g/mol. The van der Waals surface area contributed by atoms with Gasteiger partial charge >= 0.3 is 12.5 Å². The summed E-state index contributed by atoms with van der Waals surface area (Å²) >= 11 is 0. The molecule has 0 amide bonds. The van der Waals surface area contributed by atoms with Crippen LogP contribution in [0.15, 0.2) is 24.3 Å². The zero-order valence-corrected chi connectivity index (χ0v) is 16.4. The molecule has 26 heavy (non-hydrogen) atoms. The van der Waals surface area contributed by atoms with Crippen LogP contribution in [0.5, 0.6) is 5.75 Å². The van der Waals surface area contributed by atoms with Crippen LogP contribution in [0.2, 0.25) is 0 Å². The van der Waals surface area contributed by atoms with Crippen molar-refractivity contribution in [3.05, 3.63) is 29.8 Å². The predicted octanol–water partition coefficient (Wildman–Crippen LogP) is 4.76. The van der Waals surface area contributed by atoms with Gasteiger partial charge in [0.25, 0.3) is 0 Å². The number of alkyl halides is 4. The Labute approximate surface area is 164 Å². The second-order valence-corrected chi connectivity index (χ2v) is 6.15. The number of piperazine rings is 1. The molecule has 9 heteroatoms. The first-order valence-electron chi connectivity index (χ1n) is 8.25. The van der Waals surface area contributed by atoms with Crippen LogP contribution in [0.3, 0.4) is 0 Å². The van der Waals surface area contributed by atoms with Gasteiger partial charge in [0.1, 0.15) is 5.75 Å². The van der Waals surface area contributed by atoms with Gasteiger partial charge in [0.15, 0.2) is 0 Å². The molecule has 0 bridgehead atoms. The van der Waals surface area contributed by atoms with E-state index in [0.29, 0.717) is 5.92 Å². The van der Waals surface area contributed by atoms with E-state index >= 15 is 0 Å². The van der Waals surface area contributed by atoms with E-state index in [4.69, 9.17) is 0 Å². The lowest BCUT2D eigenvalue weighted by molar-refractivity contribution is -0.253. The third-order valence-corrected chi connectivity index (χ3v) is 4.44. The number of hydrogen-bond donors (Lipinski definition) is 1. The summed E-state index contributed by atoms with van der Waals surface area (Å²) in [5.41, 5.74) is 0.814. The standard InChI is InChI=1S/C17H24F4N2O.2ClH/c1-3-12(2)15(23-9-7-22-8-10-23)13-5-4-6-14(11-13)24-17(20,21)16(18)19;;/h4-6,11-12,15-16,22H,3,7-10H2,1-2H3;2*1H/t12?,15-;;/m1../s1. The fraction of sp³-hybridized carbons (Fsp3) is 0.647. The van der Waals surface area contributed by atoms with Crippen LogP contribution in [-0.4, -0.2) is 43.6 Å². The number of halogens is 6. The van der Waals surface area contributed by atoms with Crippen molar-refractivity contribution >= 4 is 24.8 Å². The first-order chi connectivity index (χ1) is 11.3. The smallest absolute Gasteiger partial charge is 0.428 e. The van der Waals surface area contributed by atoms with E-state index in [2.05, 4.69) is 28.8 Å². The Bertz CT molecular complexity index is 531. The van der Waals surface area contributed by atoms with Crippen molar-refractivity contribution in [3.8, 4) is 5.75 Å². The van der Waals surface area contributed by atoms with Crippen molar-refractivity contribution in [3.63, 3.8) is 0 Å². The quantitative estimate of drug-likeness (QED) is 0.643. The lowest BCUT2D eigenvalue weighted by Crippen LogP contribution is -2.46. The molecule has 1 aromatic rings. The monoisotopic (exact) mass is 420 g/mol. The van der Waals surface area contributed by atoms with Crippen molar-refractivity contribution in [2.75, 3.05) is 26.2 Å². The van der Waals surface area contributed by atoms with Crippen LogP contribution < -0.4 is 10.1 Å². The minimum absolute atomic E-state index is 0. The Balaban J connectivity index is 0.00000312. The maximum absolute atomic E-state index is 13.2. The van der Waals surface area contributed by atoms with Crippen molar-refractivity contribution in [1.82, 2.24) is 10.2 Å². The minimum atomic E-state index is -4.49. The van der Waals surface area contributed by atoms with Gasteiger partial charge in [-0.3, -0.25) is 4.90 Å². The summed E-state index contributed by atoms with van der Waals surface area (Å²) < 4.78 is 55.2. The van der Waals surface area contributed by atoms with Crippen LogP contribution in [0, 0.1) is 5.92 Å². The third kappa shape index (κ3) is 6.44. The summed E-state index contributed by atoms with van der Waals surface area (Å²) in [6.07, 6.45) is -7.42. The minimum Gasteiger partial charge on any atom is -0.428 e. The SMILES string of the molecule is CCC(C)[C@H](c1cccc(OC(F)(F)C(F)F)c1)N1CCNCC1.Cl.Cl. The molecule has 0 radical (unpaired) electrons. The lowest BCUT2D eigenvalue weighted by Gasteiger charge is -2.38.